The van der Waals surface area contributed by atoms with E-state index >= 15 is 0 Å². The number of benzene rings is 1. The highest BCUT2D eigenvalue weighted by molar-refractivity contribution is 5.79. The molecule has 2 aromatic rings. The quantitative estimate of drug-likeness (QED) is 0.718. The Morgan fingerprint density at radius 2 is 1.94 bits per heavy atom. The number of aromatic nitrogens is 1. The zero-order valence-corrected chi connectivity index (χ0v) is 9.94. The minimum atomic E-state index is 0.177. The Labute approximate surface area is 99.5 Å². The van der Waals surface area contributed by atoms with Crippen LogP contribution in [0.15, 0.2) is 29.1 Å². The molecule has 0 unspecified atom stereocenters. The van der Waals surface area contributed by atoms with Gasteiger partial charge < -0.3 is 4.57 Å². The van der Waals surface area contributed by atoms with E-state index in [1.165, 1.54) is 0 Å². The van der Waals surface area contributed by atoms with Gasteiger partial charge in [-0.25, -0.2) is 0 Å². The molecule has 0 amide bonds. The average Bonchev–Trinajstić information content (AvgIpc) is 2.40. The first-order valence-electron chi connectivity index (χ1n) is 6.15. The van der Waals surface area contributed by atoms with Crippen molar-refractivity contribution in [3.05, 3.63) is 45.1 Å². The standard InChI is InChI=1S/C15H15NO/c1-2-16-13-9-5-3-7-11(13)15(17)12-8-4-6-10-14(12)16/h3,5,7-10H,2,4,6H2,1H3. The summed E-state index contributed by atoms with van der Waals surface area (Å²) >= 11 is 0. The van der Waals surface area contributed by atoms with E-state index in [-0.39, 0.29) is 5.43 Å². The van der Waals surface area contributed by atoms with E-state index in [1.54, 1.807) is 0 Å². The van der Waals surface area contributed by atoms with Crippen LogP contribution in [0.4, 0.5) is 0 Å². The van der Waals surface area contributed by atoms with E-state index in [4.69, 9.17) is 0 Å². The maximum Gasteiger partial charge on any atom is 0.196 e. The maximum atomic E-state index is 12.4. The van der Waals surface area contributed by atoms with Gasteiger partial charge in [0.25, 0.3) is 0 Å². The van der Waals surface area contributed by atoms with Crippen molar-refractivity contribution >= 4 is 23.1 Å². The number of para-hydroxylation sites is 1. The lowest BCUT2D eigenvalue weighted by Gasteiger charge is -2.12. The fourth-order valence-electron chi connectivity index (χ4n) is 2.64. The molecule has 0 fully saturated rings. The molecular weight excluding hydrogens is 210 g/mol. The SMILES string of the molecule is CCn1c2c(c(=O)c3ccccc31)=CCCC=2. The van der Waals surface area contributed by atoms with Crippen LogP contribution in [0.1, 0.15) is 19.8 Å². The highest BCUT2D eigenvalue weighted by Gasteiger charge is 2.07. The number of rotatable bonds is 1. The molecule has 1 aromatic heterocycles. The van der Waals surface area contributed by atoms with E-state index in [1.807, 2.05) is 24.3 Å². The summed E-state index contributed by atoms with van der Waals surface area (Å²) in [7, 11) is 0. The monoisotopic (exact) mass is 225 g/mol. The van der Waals surface area contributed by atoms with E-state index in [2.05, 4.69) is 23.6 Å². The van der Waals surface area contributed by atoms with Gasteiger partial charge in [-0.05, 0) is 31.9 Å². The lowest BCUT2D eigenvalue weighted by Crippen LogP contribution is -2.46. The lowest BCUT2D eigenvalue weighted by atomic mass is 10.1. The van der Waals surface area contributed by atoms with Crippen LogP contribution in [0.2, 0.25) is 0 Å². The molecule has 17 heavy (non-hydrogen) atoms. The number of pyridine rings is 1. The molecule has 1 heterocycles. The molecule has 0 saturated carbocycles. The Kier molecular flexibility index (Phi) is 2.36. The van der Waals surface area contributed by atoms with Gasteiger partial charge in [0.15, 0.2) is 5.43 Å². The van der Waals surface area contributed by atoms with E-state index in [0.717, 1.165) is 40.9 Å². The van der Waals surface area contributed by atoms with Gasteiger partial charge in [0.1, 0.15) is 0 Å². The lowest BCUT2D eigenvalue weighted by molar-refractivity contribution is 0.751. The number of hydrogen-bond acceptors (Lipinski definition) is 1. The van der Waals surface area contributed by atoms with Gasteiger partial charge in [-0.3, -0.25) is 4.79 Å². The Morgan fingerprint density at radius 1 is 1.18 bits per heavy atom. The number of nitrogens with zero attached hydrogens (tertiary/aromatic N) is 1. The van der Waals surface area contributed by atoms with Crippen molar-refractivity contribution in [3.63, 3.8) is 0 Å². The second kappa shape index (κ2) is 3.88. The van der Waals surface area contributed by atoms with Gasteiger partial charge in [-0.2, -0.15) is 0 Å². The topological polar surface area (TPSA) is 22.0 Å². The van der Waals surface area contributed by atoms with Crippen molar-refractivity contribution in [2.24, 2.45) is 0 Å². The Bertz CT molecular complexity index is 753. The van der Waals surface area contributed by atoms with Gasteiger partial charge in [-0.1, -0.05) is 24.3 Å². The summed E-state index contributed by atoms with van der Waals surface area (Å²) in [6.45, 7) is 3.02. The van der Waals surface area contributed by atoms with Crippen molar-refractivity contribution in [3.8, 4) is 0 Å². The molecule has 0 bridgehead atoms. The van der Waals surface area contributed by atoms with Gasteiger partial charge in [0, 0.05) is 22.5 Å². The van der Waals surface area contributed by atoms with Gasteiger partial charge in [0.05, 0.1) is 5.52 Å². The molecule has 0 saturated heterocycles. The predicted molar refractivity (Wildman–Crippen MR) is 71.3 cm³/mol. The molecule has 1 aromatic carbocycles. The molecule has 2 heteroatoms. The molecular formula is C15H15NO. The van der Waals surface area contributed by atoms with Gasteiger partial charge in [0.2, 0.25) is 0 Å². The van der Waals surface area contributed by atoms with Crippen LogP contribution in [-0.4, -0.2) is 4.57 Å². The van der Waals surface area contributed by atoms with Crippen molar-refractivity contribution in [2.75, 3.05) is 0 Å². The molecule has 0 atom stereocenters. The molecule has 0 N–H and O–H groups in total. The van der Waals surface area contributed by atoms with Crippen molar-refractivity contribution in [2.45, 2.75) is 26.3 Å². The highest BCUT2D eigenvalue weighted by atomic mass is 16.1. The second-order valence-electron chi connectivity index (χ2n) is 4.38. The molecule has 3 rings (SSSR count). The summed E-state index contributed by atoms with van der Waals surface area (Å²) in [4.78, 5) is 12.4. The predicted octanol–water partition coefficient (Wildman–Crippen LogP) is 1.38. The third-order valence-electron chi connectivity index (χ3n) is 3.42. The summed E-state index contributed by atoms with van der Waals surface area (Å²) in [5, 5.41) is 2.82. The minimum absolute atomic E-state index is 0.177. The first-order chi connectivity index (χ1) is 8.33. The van der Waals surface area contributed by atoms with Crippen LogP contribution >= 0.6 is 0 Å². The van der Waals surface area contributed by atoms with Crippen LogP contribution < -0.4 is 16.0 Å². The molecule has 1 aliphatic rings. The maximum absolute atomic E-state index is 12.4. The number of hydrogen-bond donors (Lipinski definition) is 0. The summed E-state index contributed by atoms with van der Waals surface area (Å²) in [6, 6.07) is 7.88. The van der Waals surface area contributed by atoms with Crippen molar-refractivity contribution in [1.82, 2.24) is 4.57 Å². The molecule has 0 aliphatic heterocycles. The number of aryl methyl sites for hydroxylation is 1. The van der Waals surface area contributed by atoms with Crippen LogP contribution in [0.3, 0.4) is 0 Å². The summed E-state index contributed by atoms with van der Waals surface area (Å²) in [6.07, 6.45) is 6.28. The zero-order chi connectivity index (χ0) is 11.8. The van der Waals surface area contributed by atoms with Gasteiger partial charge in [-0.15, -0.1) is 0 Å². The van der Waals surface area contributed by atoms with Crippen molar-refractivity contribution in [1.29, 1.82) is 0 Å². The normalized spacial score (nSPS) is 13.9. The minimum Gasteiger partial charge on any atom is -0.341 e. The summed E-state index contributed by atoms with van der Waals surface area (Å²) in [5.74, 6) is 0. The Hall–Kier alpha value is -1.83. The first kappa shape index (κ1) is 10.3. The molecule has 86 valence electrons. The van der Waals surface area contributed by atoms with Crippen LogP contribution in [0.5, 0.6) is 0 Å². The Balaban J connectivity index is 2.68. The smallest absolute Gasteiger partial charge is 0.196 e. The third kappa shape index (κ3) is 1.44. The molecule has 1 aliphatic carbocycles. The summed E-state index contributed by atoms with van der Waals surface area (Å²) < 4.78 is 2.24. The molecule has 0 spiro atoms. The Morgan fingerprint density at radius 3 is 2.76 bits per heavy atom. The average molecular weight is 225 g/mol. The van der Waals surface area contributed by atoms with E-state index in [0.29, 0.717) is 0 Å². The van der Waals surface area contributed by atoms with E-state index in [9.17, 15) is 4.79 Å². The summed E-state index contributed by atoms with van der Waals surface area (Å²) in [5.41, 5.74) is 1.22. The molecule has 2 nitrogen and oxygen atoms in total. The first-order valence-corrected chi connectivity index (χ1v) is 6.15. The van der Waals surface area contributed by atoms with E-state index < -0.39 is 0 Å². The van der Waals surface area contributed by atoms with Crippen molar-refractivity contribution < 1.29 is 0 Å². The molecule has 0 radical (unpaired) electrons. The van der Waals surface area contributed by atoms with Crippen LogP contribution in [0.25, 0.3) is 23.1 Å². The highest BCUT2D eigenvalue weighted by Crippen LogP contribution is 2.07. The largest absolute Gasteiger partial charge is 0.341 e. The van der Waals surface area contributed by atoms with Gasteiger partial charge >= 0.3 is 0 Å². The number of fused-ring (bicyclic) bond motifs is 2. The fourth-order valence-corrected chi connectivity index (χ4v) is 2.64. The van der Waals surface area contributed by atoms with Crippen LogP contribution in [0, 0.1) is 0 Å². The fraction of sp³-hybridized carbons (Fsp3) is 0.267. The van der Waals surface area contributed by atoms with Crippen LogP contribution in [-0.2, 0) is 6.54 Å². The third-order valence-corrected chi connectivity index (χ3v) is 3.42. The zero-order valence-electron chi connectivity index (χ0n) is 9.94. The second-order valence-corrected chi connectivity index (χ2v) is 4.38.